The van der Waals surface area contributed by atoms with Gasteiger partial charge in [-0.2, -0.15) is 0 Å². The molecule has 0 bridgehead atoms. The molecule has 182 valence electrons. The number of benzene rings is 3. The number of rotatable bonds is 5. The molecular weight excluding hydrogens is 464 g/mol. The first-order valence-electron chi connectivity index (χ1n) is 12.4. The van der Waals surface area contributed by atoms with Gasteiger partial charge in [0.15, 0.2) is 5.78 Å². The quantitative estimate of drug-likeness (QED) is 0.284. The molecule has 0 radical (unpaired) electrons. The van der Waals surface area contributed by atoms with E-state index in [0.717, 1.165) is 41.1 Å². The Balaban J connectivity index is 1.79. The highest BCUT2D eigenvalue weighted by Crippen LogP contribution is 2.48. The Hall–Kier alpha value is -3.57. The lowest BCUT2D eigenvalue weighted by molar-refractivity contribution is -0.116. The van der Waals surface area contributed by atoms with Crippen molar-refractivity contribution in [2.24, 2.45) is 0 Å². The van der Waals surface area contributed by atoms with Crippen molar-refractivity contribution in [3.05, 3.63) is 112 Å². The molecular formula is C31H30N2O2S. The summed E-state index contributed by atoms with van der Waals surface area (Å²) in [5, 5.41) is 21.1. The minimum atomic E-state index is -0.498. The van der Waals surface area contributed by atoms with Gasteiger partial charge in [-0.1, -0.05) is 61.5 Å². The number of amidine groups is 1. The SMILES string of the molecule is CCc1ccc(N2C(=N)/C(=C(/O)c3ccccc3)C(c3ccc(SC)cc3)C3=C2CCCC3=O)cc1. The Kier molecular flexibility index (Phi) is 6.84. The van der Waals surface area contributed by atoms with Crippen molar-refractivity contribution in [2.75, 3.05) is 11.2 Å². The molecule has 2 N–H and O–H groups in total. The monoisotopic (exact) mass is 494 g/mol. The molecule has 0 saturated heterocycles. The number of anilines is 1. The van der Waals surface area contributed by atoms with Crippen LogP contribution in [-0.2, 0) is 11.2 Å². The maximum absolute atomic E-state index is 13.6. The van der Waals surface area contributed by atoms with E-state index in [0.29, 0.717) is 23.1 Å². The van der Waals surface area contributed by atoms with E-state index in [9.17, 15) is 15.3 Å². The molecule has 0 amide bonds. The number of nitrogens with zero attached hydrogens (tertiary/aromatic N) is 1. The third-order valence-electron chi connectivity index (χ3n) is 7.11. The molecule has 1 aliphatic heterocycles. The summed E-state index contributed by atoms with van der Waals surface area (Å²) in [6.45, 7) is 2.12. The van der Waals surface area contributed by atoms with Crippen molar-refractivity contribution in [2.45, 2.75) is 43.4 Å². The second kappa shape index (κ2) is 10.2. The molecule has 0 saturated carbocycles. The molecule has 36 heavy (non-hydrogen) atoms. The molecule has 1 atom stereocenters. The van der Waals surface area contributed by atoms with Crippen LogP contribution in [0.1, 0.15) is 48.8 Å². The van der Waals surface area contributed by atoms with E-state index >= 15 is 0 Å². The molecule has 0 spiro atoms. The van der Waals surface area contributed by atoms with Crippen LogP contribution in [0.15, 0.2) is 101 Å². The highest BCUT2D eigenvalue weighted by atomic mass is 32.2. The first kappa shape index (κ1) is 24.1. The predicted molar refractivity (Wildman–Crippen MR) is 149 cm³/mol. The van der Waals surface area contributed by atoms with Crippen molar-refractivity contribution >= 4 is 34.8 Å². The normalized spacial score (nSPS) is 19.4. The summed E-state index contributed by atoms with van der Waals surface area (Å²) in [7, 11) is 0. The van der Waals surface area contributed by atoms with Crippen molar-refractivity contribution in [1.82, 2.24) is 0 Å². The first-order chi connectivity index (χ1) is 17.5. The summed E-state index contributed by atoms with van der Waals surface area (Å²) in [5.74, 6) is -0.147. The van der Waals surface area contributed by atoms with Gasteiger partial charge in [-0.15, -0.1) is 11.8 Å². The van der Waals surface area contributed by atoms with Crippen LogP contribution in [0.5, 0.6) is 0 Å². The van der Waals surface area contributed by atoms with E-state index in [2.05, 4.69) is 19.1 Å². The highest BCUT2D eigenvalue weighted by Gasteiger charge is 2.43. The fraction of sp³-hybridized carbons (Fsp3) is 0.226. The number of carbonyl (C=O) groups is 1. The standard InChI is InChI=1S/C31H30N2O2S/c1-3-20-12-16-23(17-13-20)33-25-10-7-11-26(34)28(25)27(21-14-18-24(36-2)19-15-21)29(31(33)32)30(35)22-8-5-4-6-9-22/h4-6,8-9,12-19,27,32,35H,3,7,10-11H2,1-2H3/b30-29+,32-31?. The van der Waals surface area contributed by atoms with E-state index in [4.69, 9.17) is 0 Å². The van der Waals surface area contributed by atoms with Crippen LogP contribution in [0.25, 0.3) is 5.76 Å². The Morgan fingerprint density at radius 2 is 1.69 bits per heavy atom. The van der Waals surface area contributed by atoms with Gasteiger partial charge in [0.05, 0.1) is 0 Å². The van der Waals surface area contributed by atoms with Crippen molar-refractivity contribution in [3.63, 3.8) is 0 Å². The van der Waals surface area contributed by atoms with Crippen molar-refractivity contribution in [1.29, 1.82) is 5.41 Å². The lowest BCUT2D eigenvalue weighted by atomic mass is 9.73. The van der Waals surface area contributed by atoms with Crippen LogP contribution in [0, 0.1) is 5.41 Å². The summed E-state index contributed by atoms with van der Waals surface area (Å²) >= 11 is 1.66. The number of allylic oxidation sites excluding steroid dienone is 2. The molecule has 0 aromatic heterocycles. The van der Waals surface area contributed by atoms with Gasteiger partial charge < -0.3 is 5.11 Å². The summed E-state index contributed by atoms with van der Waals surface area (Å²) < 4.78 is 0. The molecule has 5 heteroatoms. The van der Waals surface area contributed by atoms with Gasteiger partial charge in [0, 0.05) is 45.3 Å². The van der Waals surface area contributed by atoms with Crippen LogP contribution >= 0.6 is 11.8 Å². The molecule has 1 unspecified atom stereocenters. The molecule has 5 rings (SSSR count). The van der Waals surface area contributed by atoms with Crippen LogP contribution in [0.4, 0.5) is 5.69 Å². The molecule has 4 nitrogen and oxygen atoms in total. The van der Waals surface area contributed by atoms with Gasteiger partial charge in [0.1, 0.15) is 11.6 Å². The van der Waals surface area contributed by atoms with Gasteiger partial charge >= 0.3 is 0 Å². The average molecular weight is 495 g/mol. The minimum Gasteiger partial charge on any atom is -0.507 e. The third-order valence-corrected chi connectivity index (χ3v) is 7.85. The van der Waals surface area contributed by atoms with Gasteiger partial charge in [-0.05, 0) is 60.9 Å². The topological polar surface area (TPSA) is 64.4 Å². The number of hydrogen-bond acceptors (Lipinski definition) is 4. The maximum Gasteiger partial charge on any atom is 0.161 e. The van der Waals surface area contributed by atoms with Gasteiger partial charge in [0.25, 0.3) is 0 Å². The Bertz CT molecular complexity index is 1360. The summed E-state index contributed by atoms with van der Waals surface area (Å²) in [5.41, 5.74) is 5.65. The van der Waals surface area contributed by atoms with Gasteiger partial charge in [-0.3, -0.25) is 15.1 Å². The number of aliphatic hydroxyl groups is 1. The number of aliphatic hydroxyl groups excluding tert-OH is 1. The van der Waals surface area contributed by atoms with Gasteiger partial charge in [-0.25, -0.2) is 0 Å². The number of carbonyl (C=O) groups excluding carboxylic acids is 1. The zero-order valence-electron chi connectivity index (χ0n) is 20.6. The highest BCUT2D eigenvalue weighted by molar-refractivity contribution is 7.98. The van der Waals surface area contributed by atoms with E-state index in [1.807, 2.05) is 77.9 Å². The lowest BCUT2D eigenvalue weighted by Crippen LogP contribution is -2.42. The Labute approximate surface area is 216 Å². The second-order valence-corrected chi connectivity index (χ2v) is 10.1. The number of thioether (sulfide) groups is 1. The van der Waals surface area contributed by atoms with Crippen LogP contribution < -0.4 is 4.90 Å². The lowest BCUT2D eigenvalue weighted by Gasteiger charge is -2.42. The first-order valence-corrected chi connectivity index (χ1v) is 13.6. The zero-order valence-corrected chi connectivity index (χ0v) is 21.4. The maximum atomic E-state index is 13.6. The van der Waals surface area contributed by atoms with Gasteiger partial charge in [0.2, 0.25) is 0 Å². The number of ketones is 1. The fourth-order valence-electron chi connectivity index (χ4n) is 5.24. The van der Waals surface area contributed by atoms with E-state index in [1.165, 1.54) is 5.56 Å². The van der Waals surface area contributed by atoms with E-state index in [-0.39, 0.29) is 17.4 Å². The van der Waals surface area contributed by atoms with Crippen LogP contribution in [-0.4, -0.2) is 23.0 Å². The molecule has 2 aliphatic rings. The minimum absolute atomic E-state index is 0.0413. The summed E-state index contributed by atoms with van der Waals surface area (Å²) in [6, 6.07) is 25.7. The molecule has 3 aromatic carbocycles. The number of Topliss-reactive ketones (excluding diaryl/α,β-unsaturated/α-hetero) is 1. The Morgan fingerprint density at radius 1 is 1.00 bits per heavy atom. The second-order valence-electron chi connectivity index (χ2n) is 9.18. The number of nitrogens with one attached hydrogen (secondary N) is 1. The third kappa shape index (κ3) is 4.28. The Morgan fingerprint density at radius 3 is 2.33 bits per heavy atom. The summed E-state index contributed by atoms with van der Waals surface area (Å²) in [6.07, 6.45) is 4.92. The fourth-order valence-corrected chi connectivity index (χ4v) is 5.65. The zero-order chi connectivity index (χ0) is 25.2. The van der Waals surface area contributed by atoms with Crippen molar-refractivity contribution < 1.29 is 9.90 Å². The number of aryl methyl sites for hydroxylation is 1. The average Bonchev–Trinajstić information content (AvgIpc) is 2.93. The van der Waals surface area contributed by atoms with Crippen molar-refractivity contribution in [3.8, 4) is 0 Å². The van der Waals surface area contributed by atoms with Crippen LogP contribution in [0.3, 0.4) is 0 Å². The summed E-state index contributed by atoms with van der Waals surface area (Å²) in [4.78, 5) is 16.6. The van der Waals surface area contributed by atoms with E-state index in [1.54, 1.807) is 11.8 Å². The number of hydrogen-bond donors (Lipinski definition) is 2. The molecule has 3 aromatic rings. The predicted octanol–water partition coefficient (Wildman–Crippen LogP) is 7.53. The molecule has 0 fully saturated rings. The van der Waals surface area contributed by atoms with Crippen LogP contribution in [0.2, 0.25) is 0 Å². The smallest absolute Gasteiger partial charge is 0.161 e. The molecule has 1 aliphatic carbocycles. The largest absolute Gasteiger partial charge is 0.507 e. The van der Waals surface area contributed by atoms with E-state index < -0.39 is 5.92 Å². The molecule has 1 heterocycles.